The van der Waals surface area contributed by atoms with Crippen molar-refractivity contribution in [3.63, 3.8) is 0 Å². The minimum atomic E-state index is -1.01. The molecule has 1 aliphatic heterocycles. The second kappa shape index (κ2) is 7.70. The van der Waals surface area contributed by atoms with Gasteiger partial charge in [-0.2, -0.15) is 0 Å². The number of amides is 1. The maximum Gasteiger partial charge on any atom is 0.227 e. The van der Waals surface area contributed by atoms with Gasteiger partial charge >= 0.3 is 0 Å². The predicted octanol–water partition coefficient (Wildman–Crippen LogP) is 1.21. The summed E-state index contributed by atoms with van der Waals surface area (Å²) in [5.74, 6) is -1.96. The number of aliphatic hydroxyl groups excluding tert-OH is 1. The van der Waals surface area contributed by atoms with Gasteiger partial charge in [0, 0.05) is 19.2 Å². The quantitative estimate of drug-likeness (QED) is 0.734. The Kier molecular flexibility index (Phi) is 5.90. The molecule has 0 aliphatic carbocycles. The Hall–Kier alpha value is -1.73. The van der Waals surface area contributed by atoms with Crippen LogP contribution in [-0.2, 0) is 4.79 Å². The van der Waals surface area contributed by atoms with Crippen molar-refractivity contribution in [1.82, 2.24) is 10.6 Å². The van der Waals surface area contributed by atoms with Gasteiger partial charge in [-0.25, -0.2) is 8.78 Å². The van der Waals surface area contributed by atoms with Crippen LogP contribution in [-0.4, -0.2) is 43.4 Å². The number of halogens is 2. The fraction of sp³-hybridized carbons (Fsp3) is 0.562. The first kappa shape index (κ1) is 17.6. The summed E-state index contributed by atoms with van der Waals surface area (Å²) in [6.45, 7) is 3.32. The summed E-state index contributed by atoms with van der Waals surface area (Å²) >= 11 is 0. The number of carbonyl (C=O) groups is 1. The molecule has 2 rings (SSSR count). The number of hydrogen-bond donors (Lipinski definition) is 3. The molecule has 1 heterocycles. The minimum absolute atomic E-state index is 0.0398. The molecule has 3 N–H and O–H groups in total. The zero-order valence-corrected chi connectivity index (χ0v) is 13.1. The maximum absolute atomic E-state index is 13.0. The van der Waals surface area contributed by atoms with Crippen molar-refractivity contribution in [1.29, 1.82) is 0 Å². The topological polar surface area (TPSA) is 70.6 Å². The van der Waals surface area contributed by atoms with Crippen molar-refractivity contribution in [2.45, 2.75) is 25.9 Å². The van der Waals surface area contributed by atoms with Gasteiger partial charge < -0.3 is 20.5 Å². The largest absolute Gasteiger partial charge is 0.491 e. The number of nitrogens with one attached hydrogen (secondary N) is 2. The standard InChI is InChI=1S/C16H22F2N2O3/c1-16(5-2-6-19-10-16)15(22)20-8-11(21)9-23-12-3-4-13(17)14(18)7-12/h3-4,7,11,19,21H,2,5-6,8-10H2,1H3,(H,20,22). The van der Waals surface area contributed by atoms with Crippen LogP contribution in [0.15, 0.2) is 18.2 Å². The number of hydrogen-bond acceptors (Lipinski definition) is 4. The molecule has 128 valence electrons. The molecular weight excluding hydrogens is 306 g/mol. The lowest BCUT2D eigenvalue weighted by molar-refractivity contribution is -0.131. The zero-order chi connectivity index (χ0) is 16.9. The van der Waals surface area contributed by atoms with Gasteiger partial charge in [0.1, 0.15) is 18.5 Å². The third kappa shape index (κ3) is 4.87. The zero-order valence-electron chi connectivity index (χ0n) is 13.1. The summed E-state index contributed by atoms with van der Waals surface area (Å²) in [5.41, 5.74) is -0.473. The van der Waals surface area contributed by atoms with Gasteiger partial charge in [0.25, 0.3) is 0 Å². The molecule has 2 unspecified atom stereocenters. The van der Waals surface area contributed by atoms with E-state index in [1.165, 1.54) is 6.07 Å². The van der Waals surface area contributed by atoms with Crippen molar-refractivity contribution >= 4 is 5.91 Å². The molecule has 0 aromatic heterocycles. The van der Waals surface area contributed by atoms with Gasteiger partial charge in [-0.15, -0.1) is 0 Å². The van der Waals surface area contributed by atoms with Crippen molar-refractivity contribution < 1.29 is 23.4 Å². The van der Waals surface area contributed by atoms with Crippen molar-refractivity contribution in [2.75, 3.05) is 26.2 Å². The third-order valence-electron chi connectivity index (χ3n) is 3.98. The molecule has 1 fully saturated rings. The van der Waals surface area contributed by atoms with Gasteiger partial charge in [0.15, 0.2) is 11.6 Å². The lowest BCUT2D eigenvalue weighted by atomic mass is 9.82. The number of piperidine rings is 1. The van der Waals surface area contributed by atoms with Gasteiger partial charge in [0.05, 0.1) is 5.41 Å². The van der Waals surface area contributed by atoms with Gasteiger partial charge in [-0.3, -0.25) is 4.79 Å². The molecule has 0 saturated carbocycles. The highest BCUT2D eigenvalue weighted by atomic mass is 19.2. The summed E-state index contributed by atoms with van der Waals surface area (Å²) in [5, 5.41) is 15.7. The van der Waals surface area contributed by atoms with E-state index in [9.17, 15) is 18.7 Å². The van der Waals surface area contributed by atoms with E-state index in [0.717, 1.165) is 31.5 Å². The number of benzene rings is 1. The lowest BCUT2D eigenvalue weighted by Crippen LogP contribution is -2.50. The van der Waals surface area contributed by atoms with Crippen LogP contribution < -0.4 is 15.4 Å². The molecule has 1 saturated heterocycles. The molecule has 1 aromatic carbocycles. The van der Waals surface area contributed by atoms with Gasteiger partial charge in [-0.05, 0) is 38.4 Å². The molecule has 1 aromatic rings. The molecular formula is C16H22F2N2O3. The Labute approximate surface area is 134 Å². The van der Waals surface area contributed by atoms with Crippen molar-refractivity contribution in [3.8, 4) is 5.75 Å². The third-order valence-corrected chi connectivity index (χ3v) is 3.98. The highest BCUT2D eigenvalue weighted by Crippen LogP contribution is 2.25. The smallest absolute Gasteiger partial charge is 0.227 e. The first-order valence-electron chi connectivity index (χ1n) is 7.66. The van der Waals surface area contributed by atoms with Crippen LogP contribution in [0.25, 0.3) is 0 Å². The van der Waals surface area contributed by atoms with E-state index in [1.54, 1.807) is 0 Å². The first-order chi connectivity index (χ1) is 10.9. The second-order valence-electron chi connectivity index (χ2n) is 6.09. The number of carbonyl (C=O) groups excluding carboxylic acids is 1. The number of ether oxygens (including phenoxy) is 1. The number of aliphatic hydroxyl groups is 1. The van der Waals surface area contributed by atoms with Crippen LogP contribution in [0.3, 0.4) is 0 Å². The highest BCUT2D eigenvalue weighted by molar-refractivity contribution is 5.82. The molecule has 1 amide bonds. The van der Waals surface area contributed by atoms with E-state index in [0.29, 0.717) is 6.54 Å². The Morgan fingerprint density at radius 3 is 2.91 bits per heavy atom. The lowest BCUT2D eigenvalue weighted by Gasteiger charge is -2.32. The van der Waals surface area contributed by atoms with Crippen LogP contribution in [0.5, 0.6) is 5.75 Å². The van der Waals surface area contributed by atoms with Crippen LogP contribution in [0.4, 0.5) is 8.78 Å². The molecule has 2 atom stereocenters. The van der Waals surface area contributed by atoms with E-state index in [1.807, 2.05) is 6.92 Å². The minimum Gasteiger partial charge on any atom is -0.491 e. The Morgan fingerprint density at radius 2 is 2.26 bits per heavy atom. The average molecular weight is 328 g/mol. The molecule has 0 bridgehead atoms. The molecule has 0 radical (unpaired) electrons. The summed E-state index contributed by atoms with van der Waals surface area (Å²) in [6, 6.07) is 3.14. The van der Waals surface area contributed by atoms with Crippen molar-refractivity contribution in [3.05, 3.63) is 29.8 Å². The summed E-state index contributed by atoms with van der Waals surface area (Å²) < 4.78 is 31.0. The van der Waals surface area contributed by atoms with Crippen LogP contribution in [0.1, 0.15) is 19.8 Å². The monoisotopic (exact) mass is 328 g/mol. The molecule has 1 aliphatic rings. The maximum atomic E-state index is 13.0. The van der Waals surface area contributed by atoms with Crippen LogP contribution in [0.2, 0.25) is 0 Å². The van der Waals surface area contributed by atoms with Crippen LogP contribution >= 0.6 is 0 Å². The normalized spacial score (nSPS) is 22.4. The van der Waals surface area contributed by atoms with Crippen molar-refractivity contribution in [2.24, 2.45) is 5.41 Å². The second-order valence-corrected chi connectivity index (χ2v) is 6.09. The summed E-state index contributed by atoms with van der Waals surface area (Å²) in [4.78, 5) is 12.2. The highest BCUT2D eigenvalue weighted by Gasteiger charge is 2.34. The molecule has 23 heavy (non-hydrogen) atoms. The summed E-state index contributed by atoms with van der Waals surface area (Å²) in [6.07, 6.45) is 0.797. The summed E-state index contributed by atoms with van der Waals surface area (Å²) in [7, 11) is 0. The number of rotatable bonds is 6. The Balaban J connectivity index is 1.75. The Bertz CT molecular complexity index is 548. The van der Waals surface area contributed by atoms with Gasteiger partial charge in [-0.1, -0.05) is 0 Å². The Morgan fingerprint density at radius 1 is 1.48 bits per heavy atom. The van der Waals surface area contributed by atoms with E-state index >= 15 is 0 Å². The first-order valence-corrected chi connectivity index (χ1v) is 7.66. The van der Waals surface area contributed by atoms with E-state index < -0.39 is 23.2 Å². The van der Waals surface area contributed by atoms with Gasteiger partial charge in [0.2, 0.25) is 5.91 Å². The molecule has 7 heteroatoms. The average Bonchev–Trinajstić information content (AvgIpc) is 2.54. The molecule has 5 nitrogen and oxygen atoms in total. The fourth-order valence-corrected chi connectivity index (χ4v) is 2.49. The fourth-order valence-electron chi connectivity index (χ4n) is 2.49. The van der Waals surface area contributed by atoms with Crippen LogP contribution in [0, 0.1) is 17.0 Å². The van der Waals surface area contributed by atoms with E-state index in [4.69, 9.17) is 4.74 Å². The predicted molar refractivity (Wildman–Crippen MR) is 81.1 cm³/mol. The van der Waals surface area contributed by atoms with E-state index in [2.05, 4.69) is 10.6 Å². The SMILES string of the molecule is CC1(C(=O)NCC(O)COc2ccc(F)c(F)c2)CCCNC1. The molecule has 0 spiro atoms. The van der Waals surface area contributed by atoms with E-state index in [-0.39, 0.29) is 24.8 Å².